The van der Waals surface area contributed by atoms with Crippen LogP contribution in [-0.4, -0.2) is 0 Å². The molecule has 1 atom stereocenters. The van der Waals surface area contributed by atoms with E-state index >= 15 is 0 Å². The number of hydrogen-bond acceptors (Lipinski definition) is 3. The van der Waals surface area contributed by atoms with Gasteiger partial charge in [0.15, 0.2) is 5.43 Å². The molecule has 3 heteroatoms. The van der Waals surface area contributed by atoms with Gasteiger partial charge in [-0.15, -0.1) is 0 Å². The largest absolute Gasteiger partial charge is 0.460 e. The van der Waals surface area contributed by atoms with E-state index in [9.17, 15) is 4.79 Å². The SMILES string of the molecule is CCC(C)CCc1ccc(COc2oc3ccccc3c(=O)c2C)cc1. The van der Waals surface area contributed by atoms with E-state index in [1.54, 1.807) is 19.1 Å². The van der Waals surface area contributed by atoms with Crippen LogP contribution in [0.25, 0.3) is 11.0 Å². The molecule has 0 saturated heterocycles. The molecule has 0 saturated carbocycles. The number of benzene rings is 2. The summed E-state index contributed by atoms with van der Waals surface area (Å²) in [5.74, 6) is 1.06. The molecule has 3 nitrogen and oxygen atoms in total. The summed E-state index contributed by atoms with van der Waals surface area (Å²) in [4.78, 5) is 12.4. The Morgan fingerprint density at radius 1 is 1.04 bits per heavy atom. The zero-order valence-corrected chi connectivity index (χ0v) is 15.7. The van der Waals surface area contributed by atoms with Crippen LogP contribution in [0, 0.1) is 12.8 Å². The first-order chi connectivity index (χ1) is 12.6. The van der Waals surface area contributed by atoms with Gasteiger partial charge in [-0.05, 0) is 48.9 Å². The number of para-hydroxylation sites is 1. The van der Waals surface area contributed by atoms with Gasteiger partial charge in [-0.25, -0.2) is 0 Å². The average Bonchev–Trinajstić information content (AvgIpc) is 2.68. The highest BCUT2D eigenvalue weighted by Crippen LogP contribution is 2.22. The maximum Gasteiger partial charge on any atom is 0.292 e. The van der Waals surface area contributed by atoms with Crippen molar-refractivity contribution in [2.75, 3.05) is 0 Å². The van der Waals surface area contributed by atoms with Crippen molar-refractivity contribution in [1.29, 1.82) is 0 Å². The number of rotatable bonds is 7. The molecule has 0 radical (unpaired) electrons. The first-order valence-electron chi connectivity index (χ1n) is 9.31. The third-order valence-corrected chi connectivity index (χ3v) is 5.00. The molecule has 1 aromatic heterocycles. The van der Waals surface area contributed by atoms with E-state index in [1.165, 1.54) is 18.4 Å². The van der Waals surface area contributed by atoms with Crippen LogP contribution >= 0.6 is 0 Å². The Labute approximate surface area is 154 Å². The second kappa shape index (κ2) is 8.22. The van der Waals surface area contributed by atoms with Gasteiger partial charge in [0.05, 0.1) is 10.9 Å². The van der Waals surface area contributed by atoms with Crippen molar-refractivity contribution >= 4 is 11.0 Å². The summed E-state index contributed by atoms with van der Waals surface area (Å²) in [6, 6.07) is 15.7. The molecule has 0 spiro atoms. The Bertz CT molecular complexity index is 922. The lowest BCUT2D eigenvalue weighted by Gasteiger charge is -2.10. The molecule has 0 aliphatic rings. The molecule has 136 valence electrons. The van der Waals surface area contributed by atoms with E-state index in [2.05, 4.69) is 38.1 Å². The molecular formula is C23H26O3. The Morgan fingerprint density at radius 2 is 1.73 bits per heavy atom. The standard InChI is InChI=1S/C23H26O3/c1-4-16(2)9-10-18-11-13-19(14-12-18)15-25-23-17(3)22(24)20-7-5-6-8-21(20)26-23/h5-8,11-14,16H,4,9-10,15H2,1-3H3. The zero-order chi connectivity index (χ0) is 18.5. The van der Waals surface area contributed by atoms with Crippen LogP contribution in [0.1, 0.15) is 43.4 Å². The Morgan fingerprint density at radius 3 is 2.46 bits per heavy atom. The third-order valence-electron chi connectivity index (χ3n) is 5.00. The molecular weight excluding hydrogens is 324 g/mol. The van der Waals surface area contributed by atoms with Crippen molar-refractivity contribution in [2.24, 2.45) is 5.92 Å². The summed E-state index contributed by atoms with van der Waals surface area (Å²) in [5, 5.41) is 0.586. The van der Waals surface area contributed by atoms with Crippen molar-refractivity contribution < 1.29 is 9.15 Å². The molecule has 0 fully saturated rings. The monoisotopic (exact) mass is 350 g/mol. The normalized spacial score (nSPS) is 12.3. The number of hydrogen-bond donors (Lipinski definition) is 0. The highest BCUT2D eigenvalue weighted by atomic mass is 16.6. The quantitative estimate of drug-likeness (QED) is 0.552. The van der Waals surface area contributed by atoms with Crippen molar-refractivity contribution in [1.82, 2.24) is 0 Å². The van der Waals surface area contributed by atoms with Crippen LogP contribution in [-0.2, 0) is 13.0 Å². The Kier molecular flexibility index (Phi) is 5.77. The van der Waals surface area contributed by atoms with Crippen LogP contribution in [0.5, 0.6) is 5.95 Å². The van der Waals surface area contributed by atoms with Crippen molar-refractivity contribution in [2.45, 2.75) is 46.6 Å². The van der Waals surface area contributed by atoms with Gasteiger partial charge < -0.3 is 9.15 Å². The molecule has 3 rings (SSSR count). The van der Waals surface area contributed by atoms with Crippen LogP contribution in [0.4, 0.5) is 0 Å². The van der Waals surface area contributed by atoms with Crippen LogP contribution in [0.3, 0.4) is 0 Å². The highest BCUT2D eigenvalue weighted by Gasteiger charge is 2.11. The summed E-state index contributed by atoms with van der Waals surface area (Å²) >= 11 is 0. The zero-order valence-electron chi connectivity index (χ0n) is 15.7. The third kappa shape index (κ3) is 4.16. The minimum absolute atomic E-state index is 0.0396. The Balaban J connectivity index is 1.68. The predicted octanol–water partition coefficient (Wildman–Crippen LogP) is 5.66. The van der Waals surface area contributed by atoms with Gasteiger partial charge in [-0.1, -0.05) is 56.7 Å². The average molecular weight is 350 g/mol. The molecule has 1 heterocycles. The van der Waals surface area contributed by atoms with Gasteiger partial charge in [0.25, 0.3) is 5.95 Å². The van der Waals surface area contributed by atoms with Gasteiger partial charge >= 0.3 is 0 Å². The maximum atomic E-state index is 12.4. The minimum atomic E-state index is -0.0396. The van der Waals surface area contributed by atoms with E-state index in [4.69, 9.17) is 9.15 Å². The van der Waals surface area contributed by atoms with E-state index in [1.807, 2.05) is 12.1 Å². The second-order valence-corrected chi connectivity index (χ2v) is 7.00. The Hall–Kier alpha value is -2.55. The van der Waals surface area contributed by atoms with E-state index in [0.717, 1.165) is 17.9 Å². The molecule has 26 heavy (non-hydrogen) atoms. The molecule has 0 aliphatic heterocycles. The van der Waals surface area contributed by atoms with E-state index < -0.39 is 0 Å². The van der Waals surface area contributed by atoms with E-state index in [0.29, 0.717) is 29.1 Å². The van der Waals surface area contributed by atoms with Gasteiger partial charge in [0.1, 0.15) is 12.2 Å². The van der Waals surface area contributed by atoms with Crippen LogP contribution in [0.2, 0.25) is 0 Å². The summed E-state index contributed by atoms with van der Waals surface area (Å²) in [6.45, 7) is 6.65. The number of fused-ring (bicyclic) bond motifs is 1. The molecule has 0 bridgehead atoms. The predicted molar refractivity (Wildman–Crippen MR) is 106 cm³/mol. The van der Waals surface area contributed by atoms with Gasteiger partial charge in [0, 0.05) is 0 Å². The molecule has 2 aromatic carbocycles. The molecule has 0 N–H and O–H groups in total. The lowest BCUT2D eigenvalue weighted by molar-refractivity contribution is 0.232. The fourth-order valence-electron chi connectivity index (χ4n) is 2.92. The van der Waals surface area contributed by atoms with Gasteiger partial charge in [0.2, 0.25) is 0 Å². The summed E-state index contributed by atoms with van der Waals surface area (Å²) < 4.78 is 11.6. The lowest BCUT2D eigenvalue weighted by Crippen LogP contribution is -2.08. The highest BCUT2D eigenvalue weighted by molar-refractivity contribution is 5.77. The first-order valence-corrected chi connectivity index (χ1v) is 9.31. The fourth-order valence-corrected chi connectivity index (χ4v) is 2.92. The van der Waals surface area contributed by atoms with Crippen molar-refractivity contribution in [3.8, 4) is 5.95 Å². The lowest BCUT2D eigenvalue weighted by atomic mass is 9.98. The molecule has 3 aromatic rings. The van der Waals surface area contributed by atoms with Gasteiger partial charge in [-0.3, -0.25) is 4.79 Å². The van der Waals surface area contributed by atoms with Crippen LogP contribution < -0.4 is 10.2 Å². The summed E-state index contributed by atoms with van der Waals surface area (Å²) in [7, 11) is 0. The fraction of sp³-hybridized carbons (Fsp3) is 0.348. The molecule has 0 amide bonds. The van der Waals surface area contributed by atoms with Gasteiger partial charge in [-0.2, -0.15) is 0 Å². The van der Waals surface area contributed by atoms with Crippen molar-refractivity contribution in [3.63, 3.8) is 0 Å². The summed E-state index contributed by atoms with van der Waals surface area (Å²) in [6.07, 6.45) is 3.55. The number of ether oxygens (including phenoxy) is 1. The minimum Gasteiger partial charge on any atom is -0.460 e. The van der Waals surface area contributed by atoms with Crippen molar-refractivity contribution in [3.05, 3.63) is 75.4 Å². The topological polar surface area (TPSA) is 39.4 Å². The maximum absolute atomic E-state index is 12.4. The molecule has 1 unspecified atom stereocenters. The van der Waals surface area contributed by atoms with Crippen LogP contribution in [0.15, 0.2) is 57.7 Å². The first kappa shape index (κ1) is 18.2. The second-order valence-electron chi connectivity index (χ2n) is 7.00. The smallest absolute Gasteiger partial charge is 0.292 e. The summed E-state index contributed by atoms with van der Waals surface area (Å²) in [5.41, 5.74) is 3.43. The number of aryl methyl sites for hydroxylation is 1. The van der Waals surface area contributed by atoms with E-state index in [-0.39, 0.29) is 5.43 Å². The molecule has 0 aliphatic carbocycles.